The van der Waals surface area contributed by atoms with Crippen molar-refractivity contribution in [3.05, 3.63) is 262 Å². The summed E-state index contributed by atoms with van der Waals surface area (Å²) < 4.78 is 11.9. The smallest absolute Gasteiger partial charge is 0.149 e. The van der Waals surface area contributed by atoms with E-state index in [1.54, 1.807) is 0 Å². The normalized spacial score (nSPS) is 16.0. The zero-order valence-corrected chi connectivity index (χ0v) is 38.5. The standard InChI is InChI=1S/C65H46N2O2/c1-3-5-35-68-54-29-21-46-38-52(27-19-48(46)40-54)64(60-13-9-7-11-56(60)58-42-66-33-31-62(58)64)50-23-15-44(16-24-50)37-45-17-25-51(26-18-45)65(61-14-10-8-12-57(61)59-43-67-34-32-63(59)65)53-28-20-49-41-55(69-36-6-4-2)30-22-47(49)39-53/h7-34,38-43H,35-37H2,1-2H3. The molecule has 4 heteroatoms. The maximum absolute atomic E-state index is 5.94. The second-order valence-corrected chi connectivity index (χ2v) is 17.9. The van der Waals surface area contributed by atoms with Crippen LogP contribution in [0.25, 0.3) is 43.8 Å². The highest BCUT2D eigenvalue weighted by Gasteiger charge is 2.47. The van der Waals surface area contributed by atoms with Crippen LogP contribution in [0.15, 0.2) is 207 Å². The quantitative estimate of drug-likeness (QED) is 0.128. The molecule has 0 N–H and O–H groups in total. The van der Waals surface area contributed by atoms with Crippen LogP contribution in [0.2, 0.25) is 0 Å². The van der Waals surface area contributed by atoms with Gasteiger partial charge in [0.25, 0.3) is 0 Å². The summed E-state index contributed by atoms with van der Waals surface area (Å²) in [6.07, 6.45) is 8.71. The first-order valence-electron chi connectivity index (χ1n) is 23.5. The zero-order valence-electron chi connectivity index (χ0n) is 38.5. The van der Waals surface area contributed by atoms with Crippen LogP contribution in [0.5, 0.6) is 11.5 Å². The van der Waals surface area contributed by atoms with Crippen molar-refractivity contribution in [3.63, 3.8) is 0 Å². The molecular formula is C65H46N2O2. The van der Waals surface area contributed by atoms with E-state index in [1.807, 2.05) is 50.8 Å². The molecule has 0 bridgehead atoms. The van der Waals surface area contributed by atoms with E-state index in [9.17, 15) is 0 Å². The number of aromatic nitrogens is 2. The number of ether oxygens (including phenoxy) is 2. The topological polar surface area (TPSA) is 44.2 Å². The second-order valence-electron chi connectivity index (χ2n) is 17.9. The summed E-state index contributed by atoms with van der Waals surface area (Å²) in [5.41, 5.74) is 16.0. The molecule has 69 heavy (non-hydrogen) atoms. The molecule has 0 radical (unpaired) electrons. The fourth-order valence-electron chi connectivity index (χ4n) is 11.3. The van der Waals surface area contributed by atoms with Gasteiger partial charge in [-0.1, -0.05) is 145 Å². The minimum absolute atomic E-state index is 0.371. The van der Waals surface area contributed by atoms with E-state index in [4.69, 9.17) is 9.47 Å². The Hall–Kier alpha value is -8.70. The van der Waals surface area contributed by atoms with E-state index in [1.165, 1.54) is 77.9 Å². The average molecular weight is 887 g/mol. The van der Waals surface area contributed by atoms with Gasteiger partial charge in [-0.3, -0.25) is 9.97 Å². The lowest BCUT2D eigenvalue weighted by Gasteiger charge is -2.34. The van der Waals surface area contributed by atoms with E-state index >= 15 is 0 Å². The summed E-state index contributed by atoms with van der Waals surface area (Å²) in [6, 6.07) is 67.0. The molecule has 10 aromatic rings. The van der Waals surface area contributed by atoms with E-state index in [2.05, 4.69) is 204 Å². The molecule has 2 aliphatic carbocycles. The maximum atomic E-state index is 5.94. The van der Waals surface area contributed by atoms with Crippen molar-refractivity contribution in [2.45, 2.75) is 31.1 Å². The molecule has 2 unspecified atom stereocenters. The minimum Gasteiger partial charge on any atom is -0.481 e. The first-order chi connectivity index (χ1) is 34.1. The Morgan fingerprint density at radius 3 is 1.23 bits per heavy atom. The van der Waals surface area contributed by atoms with Crippen molar-refractivity contribution in [2.75, 3.05) is 13.2 Å². The van der Waals surface area contributed by atoms with Gasteiger partial charge in [-0.25, -0.2) is 0 Å². The van der Waals surface area contributed by atoms with Crippen molar-refractivity contribution in [1.82, 2.24) is 9.97 Å². The Morgan fingerprint density at radius 2 is 0.783 bits per heavy atom. The molecule has 328 valence electrons. The number of benzene rings is 8. The van der Waals surface area contributed by atoms with Crippen LogP contribution in [0.4, 0.5) is 0 Å². The molecule has 2 aliphatic rings. The van der Waals surface area contributed by atoms with Crippen molar-refractivity contribution in [1.29, 1.82) is 0 Å². The van der Waals surface area contributed by atoms with Crippen molar-refractivity contribution >= 4 is 21.5 Å². The van der Waals surface area contributed by atoms with E-state index < -0.39 is 10.8 Å². The van der Waals surface area contributed by atoms with Gasteiger partial charge in [0.1, 0.15) is 24.7 Å². The molecule has 0 saturated carbocycles. The monoisotopic (exact) mass is 886 g/mol. The molecule has 0 amide bonds. The van der Waals surface area contributed by atoms with Crippen LogP contribution in [-0.4, -0.2) is 23.2 Å². The third-order valence-corrected chi connectivity index (χ3v) is 14.3. The van der Waals surface area contributed by atoms with Crippen LogP contribution < -0.4 is 9.47 Å². The third-order valence-electron chi connectivity index (χ3n) is 14.3. The van der Waals surface area contributed by atoms with Crippen LogP contribution in [0.1, 0.15) is 69.5 Å². The van der Waals surface area contributed by atoms with Gasteiger partial charge in [0.2, 0.25) is 0 Å². The fourth-order valence-corrected chi connectivity index (χ4v) is 11.3. The predicted octanol–water partition coefficient (Wildman–Crippen LogP) is 13.9. The van der Waals surface area contributed by atoms with Gasteiger partial charge < -0.3 is 9.47 Å². The first-order valence-corrected chi connectivity index (χ1v) is 23.5. The Labute approximate surface area is 403 Å². The van der Waals surface area contributed by atoms with Gasteiger partial charge in [0.05, 0.1) is 10.8 Å². The summed E-state index contributed by atoms with van der Waals surface area (Å²) in [5.74, 6) is 13.5. The molecule has 0 aliphatic heterocycles. The summed E-state index contributed by atoms with van der Waals surface area (Å²) in [7, 11) is 0. The van der Waals surface area contributed by atoms with Gasteiger partial charge in [0, 0.05) is 35.9 Å². The summed E-state index contributed by atoms with van der Waals surface area (Å²) in [6.45, 7) is 4.40. The van der Waals surface area contributed by atoms with Gasteiger partial charge >= 0.3 is 0 Å². The molecule has 2 heterocycles. The van der Waals surface area contributed by atoms with E-state index in [0.29, 0.717) is 13.2 Å². The Kier molecular flexibility index (Phi) is 10.4. The van der Waals surface area contributed by atoms with Crippen LogP contribution in [0, 0.1) is 23.7 Å². The van der Waals surface area contributed by atoms with Crippen molar-refractivity contribution in [2.24, 2.45) is 0 Å². The lowest BCUT2D eigenvalue weighted by atomic mass is 9.67. The van der Waals surface area contributed by atoms with Crippen LogP contribution >= 0.6 is 0 Å². The van der Waals surface area contributed by atoms with Crippen LogP contribution in [0.3, 0.4) is 0 Å². The second kappa shape index (κ2) is 17.2. The minimum atomic E-state index is -0.546. The summed E-state index contributed by atoms with van der Waals surface area (Å²) in [5, 5.41) is 4.56. The predicted molar refractivity (Wildman–Crippen MR) is 279 cm³/mol. The first kappa shape index (κ1) is 41.7. The number of pyridine rings is 2. The summed E-state index contributed by atoms with van der Waals surface area (Å²) in [4.78, 5) is 9.25. The molecule has 2 atom stereocenters. The highest BCUT2D eigenvalue weighted by molar-refractivity contribution is 5.91. The lowest BCUT2D eigenvalue weighted by Crippen LogP contribution is -2.28. The molecule has 4 nitrogen and oxygen atoms in total. The Balaban J connectivity index is 0.914. The molecule has 0 saturated heterocycles. The number of hydrogen-bond donors (Lipinski definition) is 0. The number of nitrogens with zero attached hydrogens (tertiary/aromatic N) is 2. The van der Waals surface area contributed by atoms with E-state index in [-0.39, 0.29) is 0 Å². The van der Waals surface area contributed by atoms with Crippen molar-refractivity contribution < 1.29 is 9.47 Å². The van der Waals surface area contributed by atoms with Gasteiger partial charge in [-0.15, -0.1) is 11.8 Å². The van der Waals surface area contributed by atoms with E-state index in [0.717, 1.165) is 39.5 Å². The number of rotatable bonds is 10. The molecule has 0 fully saturated rings. The average Bonchev–Trinajstić information content (AvgIpc) is 3.88. The van der Waals surface area contributed by atoms with Crippen LogP contribution in [-0.2, 0) is 17.3 Å². The molecule has 0 spiro atoms. The Bertz CT molecular complexity index is 3410. The van der Waals surface area contributed by atoms with Crippen molar-refractivity contribution in [3.8, 4) is 57.4 Å². The number of fused-ring (bicyclic) bond motifs is 8. The SMILES string of the molecule is CC#CCOc1ccc2cc(C3(c4ccc(Cc5ccc(C6(c7ccc8cc(OCC#CC)ccc8c7)c7ccccc7-c7cnccc76)cc5)cc4)c4ccccc4-c4cnccc43)ccc2c1. The molecule has 8 aromatic carbocycles. The fraction of sp³-hybridized carbons (Fsp3) is 0.108. The lowest BCUT2D eigenvalue weighted by molar-refractivity contribution is 0.370. The highest BCUT2D eigenvalue weighted by Crippen LogP contribution is 2.58. The number of hydrogen-bond acceptors (Lipinski definition) is 4. The highest BCUT2D eigenvalue weighted by atomic mass is 16.5. The third kappa shape index (κ3) is 6.79. The molecule has 12 rings (SSSR count). The molecular weight excluding hydrogens is 841 g/mol. The molecule has 2 aromatic heterocycles. The van der Waals surface area contributed by atoms with Gasteiger partial charge in [0.15, 0.2) is 0 Å². The maximum Gasteiger partial charge on any atom is 0.149 e. The summed E-state index contributed by atoms with van der Waals surface area (Å²) >= 11 is 0. The largest absolute Gasteiger partial charge is 0.481 e. The zero-order chi connectivity index (χ0) is 46.4. The van der Waals surface area contributed by atoms with Gasteiger partial charge in [-0.05, 0) is 157 Å². The Morgan fingerprint density at radius 1 is 0.391 bits per heavy atom. The van der Waals surface area contributed by atoms with Gasteiger partial charge in [-0.2, -0.15) is 0 Å².